The Morgan fingerprint density at radius 1 is 1.16 bits per heavy atom. The van der Waals surface area contributed by atoms with Gasteiger partial charge in [-0.05, 0) is 31.5 Å². The van der Waals surface area contributed by atoms with Crippen LogP contribution in [0.15, 0.2) is 24.3 Å². The Morgan fingerprint density at radius 2 is 1.76 bits per heavy atom. The first-order valence-corrected chi connectivity index (χ1v) is 7.31. The van der Waals surface area contributed by atoms with Gasteiger partial charge in [0.25, 0.3) is 0 Å². The van der Waals surface area contributed by atoms with Gasteiger partial charge in [0.05, 0.1) is 0 Å². The van der Waals surface area contributed by atoms with Gasteiger partial charge in [-0.1, -0.05) is 12.1 Å². The zero-order valence-corrected chi connectivity index (χ0v) is 13.6. The van der Waals surface area contributed by atoms with Gasteiger partial charge < -0.3 is 20.7 Å². The highest BCUT2D eigenvalue weighted by molar-refractivity contribution is 5.97. The minimum Gasteiger partial charge on any atom is -0.445 e. The molecule has 0 unspecified atom stereocenters. The van der Waals surface area contributed by atoms with Crippen LogP contribution in [0.3, 0.4) is 0 Å². The fourth-order valence-corrected chi connectivity index (χ4v) is 1.62. The lowest BCUT2D eigenvalue weighted by Crippen LogP contribution is -2.47. The summed E-state index contributed by atoms with van der Waals surface area (Å²) in [5, 5.41) is 6.38. The fraction of sp³-hybridized carbons (Fsp3) is 0.400. The van der Waals surface area contributed by atoms with Crippen LogP contribution in [0.5, 0.6) is 0 Å². The quantitative estimate of drug-likeness (QED) is 0.721. The number of nitrogens with one attached hydrogen (secondary N) is 3. The van der Waals surface area contributed by atoms with Crippen LogP contribution in [0, 0.1) is 0 Å². The standard InChI is InChI=1S/C15H18F3N3O4/c1-3-19-14(24)25-8-10-4-6-11(7-5-10)21-12(22)9(2)20-13(23)15(16,17)18/h4-7,9H,3,8H2,1-2H3,(H,19,24)(H,20,23)(H,21,22)/t9-/m0/s1. The Labute approximate surface area is 141 Å². The number of alkyl halides is 3. The van der Waals surface area contributed by atoms with E-state index in [1.54, 1.807) is 24.4 Å². The van der Waals surface area contributed by atoms with E-state index in [0.29, 0.717) is 17.8 Å². The van der Waals surface area contributed by atoms with E-state index >= 15 is 0 Å². The summed E-state index contributed by atoms with van der Waals surface area (Å²) in [6.07, 6.45) is -5.62. The Bertz CT molecular complexity index is 617. The fourth-order valence-electron chi connectivity index (χ4n) is 1.62. The van der Waals surface area contributed by atoms with Crippen molar-refractivity contribution in [3.8, 4) is 0 Å². The van der Waals surface area contributed by atoms with E-state index in [0.717, 1.165) is 6.92 Å². The maximum atomic E-state index is 12.1. The molecule has 7 nitrogen and oxygen atoms in total. The van der Waals surface area contributed by atoms with E-state index in [1.165, 1.54) is 12.1 Å². The average molecular weight is 361 g/mol. The van der Waals surface area contributed by atoms with Crippen LogP contribution in [0.2, 0.25) is 0 Å². The number of amides is 3. The van der Waals surface area contributed by atoms with Crippen LogP contribution in [-0.2, 0) is 20.9 Å². The third-order valence-corrected chi connectivity index (χ3v) is 2.91. The molecule has 0 bridgehead atoms. The van der Waals surface area contributed by atoms with Crippen LogP contribution in [0.4, 0.5) is 23.7 Å². The van der Waals surface area contributed by atoms with Crippen LogP contribution < -0.4 is 16.0 Å². The number of carbonyl (C=O) groups excluding carboxylic acids is 3. The number of rotatable bonds is 6. The SMILES string of the molecule is CCNC(=O)OCc1ccc(NC(=O)[C@H](C)NC(=O)C(F)(F)F)cc1. The van der Waals surface area contributed by atoms with Crippen LogP contribution >= 0.6 is 0 Å². The molecule has 0 heterocycles. The number of alkyl carbamates (subject to hydrolysis) is 1. The molecule has 0 aromatic heterocycles. The van der Waals surface area contributed by atoms with Crippen LogP contribution in [0.1, 0.15) is 19.4 Å². The molecule has 1 rings (SSSR count). The summed E-state index contributed by atoms with van der Waals surface area (Å²) < 4.78 is 41.3. The first-order chi connectivity index (χ1) is 11.6. The van der Waals surface area contributed by atoms with Gasteiger partial charge in [-0.3, -0.25) is 9.59 Å². The maximum Gasteiger partial charge on any atom is 0.471 e. The van der Waals surface area contributed by atoms with Gasteiger partial charge in [0.15, 0.2) is 0 Å². The summed E-state index contributed by atoms with van der Waals surface area (Å²) in [5.74, 6) is -2.99. The first kappa shape index (κ1) is 20.3. The summed E-state index contributed by atoms with van der Waals surface area (Å²) in [6, 6.07) is 4.77. The highest BCUT2D eigenvalue weighted by Gasteiger charge is 2.39. The number of hydrogen-bond donors (Lipinski definition) is 3. The normalized spacial score (nSPS) is 12.0. The van der Waals surface area contributed by atoms with Crippen molar-refractivity contribution in [1.29, 1.82) is 0 Å². The molecular weight excluding hydrogens is 343 g/mol. The lowest BCUT2D eigenvalue weighted by atomic mass is 10.2. The van der Waals surface area contributed by atoms with Gasteiger partial charge in [-0.15, -0.1) is 0 Å². The second-order valence-corrected chi connectivity index (χ2v) is 4.99. The summed E-state index contributed by atoms with van der Waals surface area (Å²) in [4.78, 5) is 33.7. The van der Waals surface area contributed by atoms with E-state index in [9.17, 15) is 27.6 Å². The van der Waals surface area contributed by atoms with Gasteiger partial charge in [0.1, 0.15) is 12.6 Å². The number of anilines is 1. The zero-order chi connectivity index (χ0) is 19.0. The zero-order valence-electron chi connectivity index (χ0n) is 13.6. The van der Waals surface area contributed by atoms with Gasteiger partial charge >= 0.3 is 18.2 Å². The summed E-state index contributed by atoms with van der Waals surface area (Å²) >= 11 is 0. The Hall–Kier alpha value is -2.78. The number of benzene rings is 1. The second kappa shape index (κ2) is 8.90. The summed E-state index contributed by atoms with van der Waals surface area (Å²) in [7, 11) is 0. The third kappa shape index (κ3) is 7.10. The molecule has 3 amide bonds. The second-order valence-electron chi connectivity index (χ2n) is 4.99. The van der Waals surface area contributed by atoms with Crippen LogP contribution in [-0.4, -0.2) is 36.7 Å². The number of hydrogen-bond acceptors (Lipinski definition) is 4. The van der Waals surface area contributed by atoms with E-state index < -0.39 is 30.1 Å². The molecule has 0 saturated heterocycles. The van der Waals surface area contributed by atoms with Gasteiger partial charge in [-0.2, -0.15) is 13.2 Å². The van der Waals surface area contributed by atoms with E-state index in [2.05, 4.69) is 10.6 Å². The summed E-state index contributed by atoms with van der Waals surface area (Å²) in [5.41, 5.74) is 0.975. The molecule has 0 aliphatic heterocycles. The lowest BCUT2D eigenvalue weighted by Gasteiger charge is -2.15. The van der Waals surface area contributed by atoms with Gasteiger partial charge in [-0.25, -0.2) is 4.79 Å². The largest absolute Gasteiger partial charge is 0.471 e. The molecule has 1 aromatic carbocycles. The molecule has 0 aliphatic carbocycles. The monoisotopic (exact) mass is 361 g/mol. The van der Waals surface area contributed by atoms with Crippen LogP contribution in [0.25, 0.3) is 0 Å². The van der Waals surface area contributed by atoms with Crippen molar-refractivity contribution in [3.05, 3.63) is 29.8 Å². The molecule has 0 aliphatic rings. The minimum atomic E-state index is -5.06. The molecule has 25 heavy (non-hydrogen) atoms. The average Bonchev–Trinajstić information content (AvgIpc) is 2.53. The van der Waals surface area contributed by atoms with E-state index in [-0.39, 0.29) is 6.61 Å². The van der Waals surface area contributed by atoms with Crippen molar-refractivity contribution in [3.63, 3.8) is 0 Å². The molecular formula is C15H18F3N3O4. The third-order valence-electron chi connectivity index (χ3n) is 2.91. The molecule has 0 radical (unpaired) electrons. The molecule has 10 heteroatoms. The van der Waals surface area contributed by atoms with Gasteiger partial charge in [0, 0.05) is 12.2 Å². The van der Waals surface area contributed by atoms with E-state index in [4.69, 9.17) is 4.74 Å². The predicted octanol–water partition coefficient (Wildman–Crippen LogP) is 1.94. The summed E-state index contributed by atoms with van der Waals surface area (Å²) in [6.45, 7) is 3.34. The van der Waals surface area contributed by atoms with Crippen molar-refractivity contribution >= 4 is 23.6 Å². The number of ether oxygens (including phenoxy) is 1. The Kier molecular flexibility index (Phi) is 7.22. The van der Waals surface area contributed by atoms with Crippen molar-refractivity contribution in [2.75, 3.05) is 11.9 Å². The Balaban J connectivity index is 2.52. The highest BCUT2D eigenvalue weighted by atomic mass is 19.4. The number of halogens is 3. The molecule has 0 spiro atoms. The van der Waals surface area contributed by atoms with Crippen molar-refractivity contribution in [2.45, 2.75) is 32.7 Å². The van der Waals surface area contributed by atoms with Crippen molar-refractivity contribution in [2.24, 2.45) is 0 Å². The highest BCUT2D eigenvalue weighted by Crippen LogP contribution is 2.15. The molecule has 138 valence electrons. The maximum absolute atomic E-state index is 12.1. The molecule has 1 aromatic rings. The molecule has 3 N–H and O–H groups in total. The van der Waals surface area contributed by atoms with E-state index in [1.807, 2.05) is 0 Å². The smallest absolute Gasteiger partial charge is 0.445 e. The molecule has 1 atom stereocenters. The minimum absolute atomic E-state index is 0.0259. The predicted molar refractivity (Wildman–Crippen MR) is 82.6 cm³/mol. The molecule has 0 fully saturated rings. The first-order valence-electron chi connectivity index (χ1n) is 7.31. The number of carbonyl (C=O) groups is 3. The molecule has 0 saturated carbocycles. The van der Waals surface area contributed by atoms with Crippen molar-refractivity contribution in [1.82, 2.24) is 10.6 Å². The van der Waals surface area contributed by atoms with Gasteiger partial charge in [0.2, 0.25) is 5.91 Å². The van der Waals surface area contributed by atoms with Crippen molar-refractivity contribution < 1.29 is 32.3 Å². The Morgan fingerprint density at radius 3 is 2.28 bits per heavy atom. The topological polar surface area (TPSA) is 96.5 Å². The lowest BCUT2D eigenvalue weighted by molar-refractivity contribution is -0.174.